The molecule has 0 aromatic heterocycles. The Morgan fingerprint density at radius 3 is 2.84 bits per heavy atom. The van der Waals surface area contributed by atoms with Crippen LogP contribution in [0.3, 0.4) is 0 Å². The number of nitrogens with one attached hydrogen (secondary N) is 1. The molecule has 106 valence electrons. The van der Waals surface area contributed by atoms with Gasteiger partial charge in [0.2, 0.25) is 10.0 Å². The minimum atomic E-state index is -3.65. The summed E-state index contributed by atoms with van der Waals surface area (Å²) in [7, 11) is -3.65. The smallest absolute Gasteiger partial charge is 0.242 e. The summed E-state index contributed by atoms with van der Waals surface area (Å²) in [6.07, 6.45) is 1.78. The van der Waals surface area contributed by atoms with Crippen LogP contribution in [0.5, 0.6) is 0 Å². The molecule has 5 nitrogen and oxygen atoms in total. The lowest BCUT2D eigenvalue weighted by Gasteiger charge is -2.23. The quantitative estimate of drug-likeness (QED) is 0.831. The first-order chi connectivity index (χ1) is 8.82. The molecule has 1 aliphatic heterocycles. The minimum Gasteiger partial charge on any atom is -0.398 e. The third-order valence-electron chi connectivity index (χ3n) is 3.20. The van der Waals surface area contributed by atoms with E-state index in [-0.39, 0.29) is 17.1 Å². The molecule has 1 saturated heterocycles. The molecule has 0 bridgehead atoms. The molecular formula is C12H17ClN2O3S. The number of hydrogen-bond acceptors (Lipinski definition) is 4. The fourth-order valence-electron chi connectivity index (χ4n) is 2.07. The van der Waals surface area contributed by atoms with Gasteiger partial charge in [0.05, 0.1) is 11.3 Å². The average Bonchev–Trinajstić information content (AvgIpc) is 2.74. The first-order valence-corrected chi connectivity index (χ1v) is 7.87. The minimum absolute atomic E-state index is 0.0403. The van der Waals surface area contributed by atoms with Gasteiger partial charge in [-0.2, -0.15) is 0 Å². The van der Waals surface area contributed by atoms with E-state index >= 15 is 0 Å². The lowest BCUT2D eigenvalue weighted by molar-refractivity contribution is 0.0250. The van der Waals surface area contributed by atoms with Crippen molar-refractivity contribution in [3.63, 3.8) is 0 Å². The first-order valence-electron chi connectivity index (χ1n) is 6.01. The second-order valence-electron chi connectivity index (χ2n) is 4.91. The van der Waals surface area contributed by atoms with Gasteiger partial charge in [-0.25, -0.2) is 13.1 Å². The van der Waals surface area contributed by atoms with Gasteiger partial charge in [0.1, 0.15) is 4.90 Å². The van der Waals surface area contributed by atoms with Crippen molar-refractivity contribution in [2.24, 2.45) is 0 Å². The zero-order valence-electron chi connectivity index (χ0n) is 10.6. The summed E-state index contributed by atoms with van der Waals surface area (Å²) in [5.41, 5.74) is 5.39. The summed E-state index contributed by atoms with van der Waals surface area (Å²) in [6, 6.07) is 4.32. The molecule has 1 atom stereocenters. The maximum Gasteiger partial charge on any atom is 0.242 e. The number of ether oxygens (including phenoxy) is 1. The van der Waals surface area contributed by atoms with Gasteiger partial charge in [0, 0.05) is 18.2 Å². The predicted octanol–water partition coefficient (Wildman–Crippen LogP) is 1.77. The third kappa shape index (κ3) is 3.39. The van der Waals surface area contributed by atoms with E-state index in [2.05, 4.69) is 4.72 Å². The molecule has 2 rings (SSSR count). The van der Waals surface area contributed by atoms with Gasteiger partial charge in [0.15, 0.2) is 0 Å². The Balaban J connectivity index is 2.14. The molecule has 0 spiro atoms. The summed E-state index contributed by atoms with van der Waals surface area (Å²) in [5, 5.41) is 0.405. The number of nitrogens with two attached hydrogens (primary N) is 1. The summed E-state index contributed by atoms with van der Waals surface area (Å²) < 4.78 is 32.4. The molecule has 0 radical (unpaired) electrons. The standard InChI is InChI=1S/C12H17ClN2O3S/c1-12(5-2-6-18-12)8-15-19(16,17)11-4-3-9(13)7-10(11)14/h3-4,7,15H,2,5-6,8,14H2,1H3. The highest BCUT2D eigenvalue weighted by atomic mass is 35.5. The third-order valence-corrected chi connectivity index (χ3v) is 4.91. The number of anilines is 1. The summed E-state index contributed by atoms with van der Waals surface area (Å²) in [6.45, 7) is 2.80. The summed E-state index contributed by atoms with van der Waals surface area (Å²) in [5.74, 6) is 0. The number of halogens is 1. The molecule has 3 N–H and O–H groups in total. The van der Waals surface area contributed by atoms with Crippen LogP contribution in [0.1, 0.15) is 19.8 Å². The van der Waals surface area contributed by atoms with E-state index in [9.17, 15) is 8.42 Å². The van der Waals surface area contributed by atoms with Crippen LogP contribution in [0.4, 0.5) is 5.69 Å². The van der Waals surface area contributed by atoms with Crippen molar-refractivity contribution in [2.75, 3.05) is 18.9 Å². The van der Waals surface area contributed by atoms with Crippen LogP contribution in [-0.2, 0) is 14.8 Å². The lowest BCUT2D eigenvalue weighted by atomic mass is 10.0. The van der Waals surface area contributed by atoms with E-state index in [0.717, 1.165) is 12.8 Å². The molecule has 1 aromatic rings. The molecule has 1 aromatic carbocycles. The average molecular weight is 305 g/mol. The highest BCUT2D eigenvalue weighted by Gasteiger charge is 2.31. The van der Waals surface area contributed by atoms with E-state index in [1.54, 1.807) is 0 Å². The predicted molar refractivity (Wildman–Crippen MR) is 74.6 cm³/mol. The molecule has 7 heteroatoms. The van der Waals surface area contributed by atoms with Crippen LogP contribution in [0.2, 0.25) is 5.02 Å². The van der Waals surface area contributed by atoms with E-state index in [1.165, 1.54) is 18.2 Å². The molecule has 0 amide bonds. The number of sulfonamides is 1. The fraction of sp³-hybridized carbons (Fsp3) is 0.500. The van der Waals surface area contributed by atoms with E-state index in [1.807, 2.05) is 6.92 Å². The first kappa shape index (κ1) is 14.6. The second-order valence-corrected chi connectivity index (χ2v) is 7.08. The van der Waals surface area contributed by atoms with Gasteiger partial charge in [-0.1, -0.05) is 11.6 Å². The number of benzene rings is 1. The summed E-state index contributed by atoms with van der Waals surface area (Å²) >= 11 is 5.75. The summed E-state index contributed by atoms with van der Waals surface area (Å²) in [4.78, 5) is 0.0403. The van der Waals surface area contributed by atoms with Gasteiger partial charge in [0.25, 0.3) is 0 Å². The second kappa shape index (κ2) is 5.28. The van der Waals surface area contributed by atoms with Gasteiger partial charge >= 0.3 is 0 Å². The van der Waals surface area contributed by atoms with Crippen LogP contribution in [0, 0.1) is 0 Å². The van der Waals surface area contributed by atoms with E-state index < -0.39 is 15.6 Å². The zero-order valence-corrected chi connectivity index (χ0v) is 12.2. The topological polar surface area (TPSA) is 81.4 Å². The maximum absolute atomic E-state index is 12.2. The Bertz CT molecular complexity index is 568. The molecule has 19 heavy (non-hydrogen) atoms. The van der Waals surface area contributed by atoms with Crippen LogP contribution < -0.4 is 10.5 Å². The molecule has 1 fully saturated rings. The Morgan fingerprint density at radius 2 is 2.26 bits per heavy atom. The van der Waals surface area contributed by atoms with Gasteiger partial charge in [-0.05, 0) is 38.0 Å². The normalized spacial score (nSPS) is 23.7. The fourth-order valence-corrected chi connectivity index (χ4v) is 3.51. The van der Waals surface area contributed by atoms with Crippen molar-refractivity contribution in [3.8, 4) is 0 Å². The van der Waals surface area contributed by atoms with Crippen molar-refractivity contribution in [2.45, 2.75) is 30.3 Å². The van der Waals surface area contributed by atoms with Crippen LogP contribution in [0.25, 0.3) is 0 Å². The van der Waals surface area contributed by atoms with E-state index in [4.69, 9.17) is 22.1 Å². The van der Waals surface area contributed by atoms with Crippen molar-refractivity contribution >= 4 is 27.3 Å². The molecular weight excluding hydrogens is 288 g/mol. The van der Waals surface area contributed by atoms with Crippen LogP contribution in [-0.4, -0.2) is 27.2 Å². The number of nitrogen functional groups attached to an aromatic ring is 1. The molecule has 1 aliphatic rings. The number of hydrogen-bond donors (Lipinski definition) is 2. The molecule has 0 aliphatic carbocycles. The van der Waals surface area contributed by atoms with Crippen LogP contribution >= 0.6 is 11.6 Å². The largest absolute Gasteiger partial charge is 0.398 e. The maximum atomic E-state index is 12.2. The highest BCUT2D eigenvalue weighted by molar-refractivity contribution is 7.89. The zero-order chi connectivity index (χ0) is 14.1. The Hall–Kier alpha value is -0.820. The molecule has 1 unspecified atom stereocenters. The lowest BCUT2D eigenvalue weighted by Crippen LogP contribution is -2.40. The van der Waals surface area contributed by atoms with Crippen LogP contribution in [0.15, 0.2) is 23.1 Å². The Labute approximate surface area is 118 Å². The monoisotopic (exact) mass is 304 g/mol. The SMILES string of the molecule is CC1(CNS(=O)(=O)c2ccc(Cl)cc2N)CCCO1. The Kier molecular flexibility index (Phi) is 4.06. The highest BCUT2D eigenvalue weighted by Crippen LogP contribution is 2.26. The van der Waals surface area contributed by atoms with E-state index in [0.29, 0.717) is 11.6 Å². The Morgan fingerprint density at radius 1 is 1.53 bits per heavy atom. The van der Waals surface area contributed by atoms with Crippen molar-refractivity contribution in [1.29, 1.82) is 0 Å². The van der Waals surface area contributed by atoms with Crippen molar-refractivity contribution in [3.05, 3.63) is 23.2 Å². The van der Waals surface area contributed by atoms with Crippen molar-refractivity contribution < 1.29 is 13.2 Å². The molecule has 1 heterocycles. The molecule has 0 saturated carbocycles. The van der Waals surface area contributed by atoms with Crippen molar-refractivity contribution in [1.82, 2.24) is 4.72 Å². The van der Waals surface area contributed by atoms with Gasteiger partial charge < -0.3 is 10.5 Å². The van der Waals surface area contributed by atoms with Gasteiger partial charge in [-0.3, -0.25) is 0 Å². The number of rotatable bonds is 4. The van der Waals surface area contributed by atoms with Gasteiger partial charge in [-0.15, -0.1) is 0 Å².